The molecule has 4 rings (SSSR count). The van der Waals surface area contributed by atoms with E-state index in [0.717, 1.165) is 0 Å². The average Bonchev–Trinajstić information content (AvgIpc) is 3.36. The van der Waals surface area contributed by atoms with Crippen LogP contribution in [0.3, 0.4) is 0 Å². The number of phenolic OH excluding ortho intramolecular Hbond substituents is 2. The number of hydrogen-bond acceptors (Lipinski definition) is 12. The van der Waals surface area contributed by atoms with E-state index in [1.165, 1.54) is 32.4 Å². The first kappa shape index (κ1) is 28.3. The van der Waals surface area contributed by atoms with Crippen molar-refractivity contribution in [3.8, 4) is 23.0 Å². The summed E-state index contributed by atoms with van der Waals surface area (Å²) in [5.74, 6) is -0.845. The summed E-state index contributed by atoms with van der Waals surface area (Å²) in [6.45, 7) is -0.842. The summed E-state index contributed by atoms with van der Waals surface area (Å²) >= 11 is 0. The van der Waals surface area contributed by atoms with Gasteiger partial charge in [0, 0.05) is 18.4 Å². The third-order valence-electron chi connectivity index (χ3n) is 7.20. The van der Waals surface area contributed by atoms with Crippen molar-refractivity contribution in [1.82, 2.24) is 0 Å². The van der Waals surface area contributed by atoms with Crippen molar-refractivity contribution in [2.45, 2.75) is 42.9 Å². The van der Waals surface area contributed by atoms with Crippen LogP contribution in [0, 0.1) is 11.8 Å². The molecule has 0 amide bonds. The van der Waals surface area contributed by atoms with Crippen molar-refractivity contribution in [1.29, 1.82) is 0 Å². The minimum atomic E-state index is -1.65. The maximum atomic E-state index is 10.6. The van der Waals surface area contributed by atoms with Crippen molar-refractivity contribution < 1.29 is 59.4 Å². The molecular formula is C26H34O12. The summed E-state index contributed by atoms with van der Waals surface area (Å²) in [5.41, 5.74) is 1.14. The second kappa shape index (κ2) is 12.0. The van der Waals surface area contributed by atoms with Gasteiger partial charge in [0.1, 0.15) is 24.4 Å². The lowest BCUT2D eigenvalue weighted by molar-refractivity contribution is -0.317. The molecule has 12 nitrogen and oxygen atoms in total. The molecule has 210 valence electrons. The van der Waals surface area contributed by atoms with E-state index in [1.54, 1.807) is 18.2 Å². The molecule has 0 unspecified atom stereocenters. The van der Waals surface area contributed by atoms with E-state index in [1.807, 2.05) is 0 Å². The molecule has 2 aliphatic rings. The van der Waals surface area contributed by atoms with Crippen molar-refractivity contribution in [2.75, 3.05) is 34.0 Å². The molecule has 2 saturated heterocycles. The standard InChI is InChI=1S/C26H34O12/c1-34-18-7-12(3-5-16(18)29)24-14(9-27)15(11-36-24)25(13-4-6-17(30)19(8-13)35-2)38-26-23(33)22(32)21(31)20(10-28)37-26/h3-8,14-15,20-33H,9-11H2,1-2H3/t14-,15+,20+,21+,22-,23+,24+,25-,26-/m0/s1. The van der Waals surface area contributed by atoms with Crippen LogP contribution in [0.2, 0.25) is 0 Å². The number of benzene rings is 2. The molecule has 0 radical (unpaired) electrons. The van der Waals surface area contributed by atoms with Crippen molar-refractivity contribution >= 4 is 0 Å². The Morgan fingerprint density at radius 2 is 1.53 bits per heavy atom. The molecule has 0 aliphatic carbocycles. The lowest BCUT2D eigenvalue weighted by Gasteiger charge is -2.42. The average molecular weight is 539 g/mol. The van der Waals surface area contributed by atoms with Gasteiger partial charge in [0.15, 0.2) is 29.3 Å². The van der Waals surface area contributed by atoms with Gasteiger partial charge in [-0.25, -0.2) is 0 Å². The van der Waals surface area contributed by atoms with Crippen LogP contribution in [0.4, 0.5) is 0 Å². The van der Waals surface area contributed by atoms with Crippen LogP contribution in [0.25, 0.3) is 0 Å². The summed E-state index contributed by atoms with van der Waals surface area (Å²) in [6.07, 6.45) is -9.03. The molecule has 38 heavy (non-hydrogen) atoms. The van der Waals surface area contributed by atoms with Gasteiger partial charge in [-0.1, -0.05) is 12.1 Å². The van der Waals surface area contributed by atoms with E-state index in [-0.39, 0.29) is 36.2 Å². The van der Waals surface area contributed by atoms with E-state index in [2.05, 4.69) is 0 Å². The summed E-state index contributed by atoms with van der Waals surface area (Å²) < 4.78 is 28.3. The maximum Gasteiger partial charge on any atom is 0.187 e. The van der Waals surface area contributed by atoms with Crippen LogP contribution in [-0.2, 0) is 14.2 Å². The molecule has 0 bridgehead atoms. The van der Waals surface area contributed by atoms with Gasteiger partial charge in [-0.05, 0) is 35.4 Å². The molecule has 9 atom stereocenters. The third kappa shape index (κ3) is 5.40. The Bertz CT molecular complexity index is 1080. The molecule has 2 aromatic rings. The molecule has 2 heterocycles. The largest absolute Gasteiger partial charge is 0.504 e. The molecule has 7 N–H and O–H groups in total. The van der Waals surface area contributed by atoms with E-state index < -0.39 is 61.4 Å². The monoisotopic (exact) mass is 538 g/mol. The quantitative estimate of drug-likeness (QED) is 0.226. The fraction of sp³-hybridized carbons (Fsp3) is 0.538. The molecular weight excluding hydrogens is 504 g/mol. The molecule has 2 fully saturated rings. The molecule has 2 aromatic carbocycles. The second-order valence-electron chi connectivity index (χ2n) is 9.38. The predicted octanol–water partition coefficient (Wildman–Crippen LogP) is -0.0312. The number of aromatic hydroxyl groups is 2. The zero-order chi connectivity index (χ0) is 27.6. The minimum absolute atomic E-state index is 0.0497. The van der Waals surface area contributed by atoms with Crippen molar-refractivity contribution in [3.05, 3.63) is 47.5 Å². The number of hydrogen-bond donors (Lipinski definition) is 7. The van der Waals surface area contributed by atoms with Gasteiger partial charge in [0.25, 0.3) is 0 Å². The first-order chi connectivity index (χ1) is 18.2. The Kier molecular flexibility index (Phi) is 8.96. The molecule has 0 spiro atoms. The molecule has 2 aliphatic heterocycles. The lowest BCUT2D eigenvalue weighted by atomic mass is 9.82. The number of ether oxygens (including phenoxy) is 5. The van der Waals surface area contributed by atoms with Gasteiger partial charge in [0.05, 0.1) is 39.6 Å². The van der Waals surface area contributed by atoms with Gasteiger partial charge >= 0.3 is 0 Å². The van der Waals surface area contributed by atoms with Gasteiger partial charge in [-0.2, -0.15) is 0 Å². The number of phenols is 2. The summed E-state index contributed by atoms with van der Waals surface area (Å²) in [6, 6.07) is 9.26. The lowest BCUT2D eigenvalue weighted by Crippen LogP contribution is -2.59. The zero-order valence-electron chi connectivity index (χ0n) is 21.0. The minimum Gasteiger partial charge on any atom is -0.504 e. The Hall–Kier alpha value is -2.68. The Morgan fingerprint density at radius 1 is 0.868 bits per heavy atom. The maximum absolute atomic E-state index is 10.6. The zero-order valence-corrected chi connectivity index (χ0v) is 21.0. The Morgan fingerprint density at radius 3 is 2.16 bits per heavy atom. The predicted molar refractivity (Wildman–Crippen MR) is 130 cm³/mol. The van der Waals surface area contributed by atoms with Crippen LogP contribution in [0.1, 0.15) is 23.3 Å². The van der Waals surface area contributed by atoms with Crippen molar-refractivity contribution in [2.24, 2.45) is 11.8 Å². The smallest absolute Gasteiger partial charge is 0.187 e. The molecule has 12 heteroatoms. The van der Waals surface area contributed by atoms with Gasteiger partial charge < -0.3 is 59.4 Å². The van der Waals surface area contributed by atoms with Crippen LogP contribution in [-0.4, -0.2) is 100 Å². The topological polar surface area (TPSA) is 188 Å². The Balaban J connectivity index is 1.70. The van der Waals surface area contributed by atoms with Gasteiger partial charge in [-0.15, -0.1) is 0 Å². The number of aliphatic hydroxyl groups is 5. The van der Waals surface area contributed by atoms with Gasteiger partial charge in [-0.3, -0.25) is 0 Å². The van der Waals surface area contributed by atoms with E-state index in [9.17, 15) is 35.7 Å². The second-order valence-corrected chi connectivity index (χ2v) is 9.38. The third-order valence-corrected chi connectivity index (χ3v) is 7.20. The van der Waals surface area contributed by atoms with E-state index in [0.29, 0.717) is 11.1 Å². The highest BCUT2D eigenvalue weighted by molar-refractivity contribution is 5.44. The highest BCUT2D eigenvalue weighted by Gasteiger charge is 2.48. The van der Waals surface area contributed by atoms with Crippen molar-refractivity contribution in [3.63, 3.8) is 0 Å². The summed E-state index contributed by atoms with van der Waals surface area (Å²) in [7, 11) is 2.80. The number of methoxy groups -OCH3 is 2. The normalized spacial score (nSPS) is 32.2. The van der Waals surface area contributed by atoms with Gasteiger partial charge in [0.2, 0.25) is 0 Å². The van der Waals surface area contributed by atoms with E-state index >= 15 is 0 Å². The first-order valence-electron chi connectivity index (χ1n) is 12.2. The van der Waals surface area contributed by atoms with E-state index in [4.69, 9.17) is 23.7 Å². The first-order valence-corrected chi connectivity index (χ1v) is 12.2. The highest BCUT2D eigenvalue weighted by atomic mass is 16.7. The number of rotatable bonds is 9. The summed E-state index contributed by atoms with van der Waals surface area (Å²) in [5, 5.41) is 71.2. The SMILES string of the molecule is COc1cc([C@H]2OC[C@@H]([C@@H](O[C@@H]3O[C@H](CO)[C@@H](O)[C@H](O)[C@H]3O)c3ccc(O)c(OC)c3)[C@@H]2CO)ccc1O. The van der Waals surface area contributed by atoms with Crippen LogP contribution < -0.4 is 9.47 Å². The highest BCUT2D eigenvalue weighted by Crippen LogP contribution is 2.48. The van der Waals surface area contributed by atoms with Crippen LogP contribution in [0.5, 0.6) is 23.0 Å². The van der Waals surface area contributed by atoms with Crippen LogP contribution in [0.15, 0.2) is 36.4 Å². The molecule has 0 saturated carbocycles. The Labute approximate surface area is 219 Å². The summed E-state index contributed by atoms with van der Waals surface area (Å²) in [4.78, 5) is 0. The fourth-order valence-corrected chi connectivity index (χ4v) is 5.07. The number of aliphatic hydroxyl groups excluding tert-OH is 5. The van der Waals surface area contributed by atoms with Crippen LogP contribution >= 0.6 is 0 Å². The molecule has 0 aromatic heterocycles. The fourth-order valence-electron chi connectivity index (χ4n) is 5.07.